The average Bonchev–Trinajstić information content (AvgIpc) is 2.53. The van der Waals surface area contributed by atoms with E-state index in [1.54, 1.807) is 24.3 Å². The third-order valence-corrected chi connectivity index (χ3v) is 4.86. The van der Waals surface area contributed by atoms with Crippen LogP contribution in [0.15, 0.2) is 24.3 Å². The third kappa shape index (κ3) is 5.08. The SMILES string of the molecule is O=C(COc1ccc(Cl)cc1)NCC1(CCl)CCCCC1. The summed E-state index contributed by atoms with van der Waals surface area (Å²) in [4.78, 5) is 11.9. The molecule has 1 amide bonds. The Balaban J connectivity index is 1.75. The molecule has 0 spiro atoms. The van der Waals surface area contributed by atoms with Crippen LogP contribution in [0, 0.1) is 5.41 Å². The van der Waals surface area contributed by atoms with Gasteiger partial charge in [0.2, 0.25) is 0 Å². The lowest BCUT2D eigenvalue weighted by Crippen LogP contribution is -2.41. The minimum atomic E-state index is -0.111. The second kappa shape index (κ2) is 7.90. The van der Waals surface area contributed by atoms with E-state index in [0.717, 1.165) is 12.8 Å². The monoisotopic (exact) mass is 329 g/mol. The Labute approximate surface area is 136 Å². The predicted octanol–water partition coefficient (Wildman–Crippen LogP) is 4.02. The Kier molecular flexibility index (Phi) is 6.19. The van der Waals surface area contributed by atoms with E-state index in [9.17, 15) is 4.79 Å². The van der Waals surface area contributed by atoms with Crippen LogP contribution in [0.3, 0.4) is 0 Å². The number of nitrogens with one attached hydrogen (secondary N) is 1. The Morgan fingerprint density at radius 2 is 1.86 bits per heavy atom. The Bertz CT molecular complexity index is 456. The maximum absolute atomic E-state index is 11.9. The summed E-state index contributed by atoms with van der Waals surface area (Å²) in [6.45, 7) is 0.652. The number of amides is 1. The number of hydrogen-bond acceptors (Lipinski definition) is 2. The van der Waals surface area contributed by atoms with Crippen molar-refractivity contribution in [1.29, 1.82) is 0 Å². The molecule has 116 valence electrons. The van der Waals surface area contributed by atoms with Crippen molar-refractivity contribution in [3.63, 3.8) is 0 Å². The molecule has 0 aromatic heterocycles. The molecule has 0 bridgehead atoms. The molecule has 0 atom stereocenters. The standard InChI is InChI=1S/C16H21Cl2NO2/c17-11-16(8-2-1-3-9-16)12-19-15(20)10-21-14-6-4-13(18)5-7-14/h4-7H,1-3,8-12H2,(H,19,20). The summed E-state index contributed by atoms with van der Waals surface area (Å²) in [6.07, 6.45) is 5.85. The van der Waals surface area contributed by atoms with Gasteiger partial charge in [0, 0.05) is 22.9 Å². The quantitative estimate of drug-likeness (QED) is 0.800. The van der Waals surface area contributed by atoms with E-state index in [1.807, 2.05) is 0 Å². The predicted molar refractivity (Wildman–Crippen MR) is 86.2 cm³/mol. The highest BCUT2D eigenvalue weighted by atomic mass is 35.5. The van der Waals surface area contributed by atoms with Crippen molar-refractivity contribution in [3.05, 3.63) is 29.3 Å². The van der Waals surface area contributed by atoms with Crippen LogP contribution >= 0.6 is 23.2 Å². The number of carbonyl (C=O) groups excluding carboxylic acids is 1. The lowest BCUT2D eigenvalue weighted by atomic mass is 9.75. The third-order valence-electron chi connectivity index (χ3n) is 4.04. The van der Waals surface area contributed by atoms with Crippen molar-refractivity contribution in [3.8, 4) is 5.75 Å². The van der Waals surface area contributed by atoms with Crippen molar-refractivity contribution in [2.24, 2.45) is 5.41 Å². The first kappa shape index (κ1) is 16.4. The maximum Gasteiger partial charge on any atom is 0.257 e. The minimum absolute atomic E-state index is 0.0139. The van der Waals surface area contributed by atoms with Crippen LogP contribution in [0.1, 0.15) is 32.1 Å². The molecule has 1 aliphatic rings. The van der Waals surface area contributed by atoms with E-state index in [4.69, 9.17) is 27.9 Å². The first-order valence-corrected chi connectivity index (χ1v) is 8.26. The molecule has 1 aromatic rings. The van der Waals surface area contributed by atoms with Crippen LogP contribution in [-0.2, 0) is 4.79 Å². The van der Waals surface area contributed by atoms with E-state index in [2.05, 4.69) is 5.32 Å². The van der Waals surface area contributed by atoms with Gasteiger partial charge in [-0.1, -0.05) is 30.9 Å². The second-order valence-electron chi connectivity index (χ2n) is 5.71. The van der Waals surface area contributed by atoms with Crippen LogP contribution < -0.4 is 10.1 Å². The zero-order valence-electron chi connectivity index (χ0n) is 12.0. The van der Waals surface area contributed by atoms with Crippen molar-refractivity contribution in [1.82, 2.24) is 5.32 Å². The first-order chi connectivity index (χ1) is 10.1. The van der Waals surface area contributed by atoms with Gasteiger partial charge < -0.3 is 10.1 Å². The topological polar surface area (TPSA) is 38.3 Å². The highest BCUT2D eigenvalue weighted by molar-refractivity contribution is 6.30. The number of ether oxygens (including phenoxy) is 1. The molecular formula is C16H21Cl2NO2. The molecule has 1 saturated carbocycles. The number of halogens is 2. The Hall–Kier alpha value is -0.930. The number of rotatable bonds is 6. The summed E-state index contributed by atoms with van der Waals surface area (Å²) >= 11 is 11.9. The van der Waals surface area contributed by atoms with Gasteiger partial charge in [0.05, 0.1) is 0 Å². The van der Waals surface area contributed by atoms with Crippen LogP contribution in [-0.4, -0.2) is 24.9 Å². The van der Waals surface area contributed by atoms with Gasteiger partial charge in [-0.05, 0) is 37.1 Å². The van der Waals surface area contributed by atoms with Gasteiger partial charge in [-0.25, -0.2) is 0 Å². The summed E-state index contributed by atoms with van der Waals surface area (Å²) in [6, 6.07) is 6.96. The van der Waals surface area contributed by atoms with Gasteiger partial charge >= 0.3 is 0 Å². The maximum atomic E-state index is 11.9. The molecule has 1 aliphatic carbocycles. The number of hydrogen-bond donors (Lipinski definition) is 1. The summed E-state index contributed by atoms with van der Waals surface area (Å²) in [5.41, 5.74) is 0.0652. The molecule has 1 aromatic carbocycles. The lowest BCUT2D eigenvalue weighted by molar-refractivity contribution is -0.123. The normalized spacial score (nSPS) is 17.2. The molecule has 3 nitrogen and oxygen atoms in total. The molecule has 0 heterocycles. The Morgan fingerprint density at radius 3 is 2.48 bits per heavy atom. The van der Waals surface area contributed by atoms with E-state index in [1.165, 1.54) is 19.3 Å². The molecule has 0 aliphatic heterocycles. The molecule has 21 heavy (non-hydrogen) atoms. The molecule has 1 N–H and O–H groups in total. The first-order valence-electron chi connectivity index (χ1n) is 7.35. The highest BCUT2D eigenvalue weighted by Crippen LogP contribution is 2.36. The largest absolute Gasteiger partial charge is 0.484 e. The van der Waals surface area contributed by atoms with Crippen LogP contribution in [0.5, 0.6) is 5.75 Å². The number of carbonyl (C=O) groups is 1. The summed E-state index contributed by atoms with van der Waals surface area (Å²) < 4.78 is 5.43. The van der Waals surface area contributed by atoms with Crippen molar-refractivity contribution < 1.29 is 9.53 Å². The zero-order valence-corrected chi connectivity index (χ0v) is 13.6. The van der Waals surface area contributed by atoms with Crippen molar-refractivity contribution in [2.75, 3.05) is 19.0 Å². The van der Waals surface area contributed by atoms with Gasteiger partial charge in [0.25, 0.3) is 5.91 Å². The zero-order chi connectivity index (χ0) is 15.1. The second-order valence-corrected chi connectivity index (χ2v) is 6.42. The van der Waals surface area contributed by atoms with Gasteiger partial charge in [-0.3, -0.25) is 4.79 Å². The highest BCUT2D eigenvalue weighted by Gasteiger charge is 2.31. The number of alkyl halides is 1. The van der Waals surface area contributed by atoms with Gasteiger partial charge in [-0.15, -0.1) is 11.6 Å². The van der Waals surface area contributed by atoms with E-state index < -0.39 is 0 Å². The summed E-state index contributed by atoms with van der Waals surface area (Å²) in [5.74, 6) is 1.13. The van der Waals surface area contributed by atoms with Gasteiger partial charge in [0.15, 0.2) is 6.61 Å². The van der Waals surface area contributed by atoms with E-state index >= 15 is 0 Å². The molecule has 1 fully saturated rings. The molecule has 0 radical (unpaired) electrons. The van der Waals surface area contributed by atoms with Crippen LogP contribution in [0.25, 0.3) is 0 Å². The minimum Gasteiger partial charge on any atom is -0.484 e. The van der Waals surface area contributed by atoms with Gasteiger partial charge in [0.1, 0.15) is 5.75 Å². The Morgan fingerprint density at radius 1 is 1.19 bits per heavy atom. The van der Waals surface area contributed by atoms with E-state index in [-0.39, 0.29) is 17.9 Å². The smallest absolute Gasteiger partial charge is 0.257 e. The molecule has 0 unspecified atom stereocenters. The summed E-state index contributed by atoms with van der Waals surface area (Å²) in [7, 11) is 0. The number of benzene rings is 1. The molecule has 0 saturated heterocycles. The van der Waals surface area contributed by atoms with Crippen LogP contribution in [0.2, 0.25) is 5.02 Å². The fraction of sp³-hybridized carbons (Fsp3) is 0.562. The van der Waals surface area contributed by atoms with Crippen molar-refractivity contribution >= 4 is 29.1 Å². The van der Waals surface area contributed by atoms with Crippen molar-refractivity contribution in [2.45, 2.75) is 32.1 Å². The molecule has 5 heteroatoms. The molecular weight excluding hydrogens is 309 g/mol. The fourth-order valence-corrected chi connectivity index (χ4v) is 3.16. The fourth-order valence-electron chi connectivity index (χ4n) is 2.68. The summed E-state index contributed by atoms with van der Waals surface area (Å²) in [5, 5.41) is 3.60. The van der Waals surface area contributed by atoms with Crippen LogP contribution in [0.4, 0.5) is 0 Å². The van der Waals surface area contributed by atoms with E-state index in [0.29, 0.717) is 23.2 Å². The lowest BCUT2D eigenvalue weighted by Gasteiger charge is -2.35. The average molecular weight is 330 g/mol. The van der Waals surface area contributed by atoms with Gasteiger partial charge in [-0.2, -0.15) is 0 Å². The molecule has 2 rings (SSSR count).